The number of carboxylic acids is 1. The van der Waals surface area contributed by atoms with E-state index in [1.54, 1.807) is 0 Å². The van der Waals surface area contributed by atoms with Crippen molar-refractivity contribution in [3.8, 4) is 5.75 Å². The second-order valence-electron chi connectivity index (χ2n) is 2.95. The highest BCUT2D eigenvalue weighted by atomic mass is 79.9. The van der Waals surface area contributed by atoms with Gasteiger partial charge in [0, 0.05) is 15.4 Å². The van der Waals surface area contributed by atoms with Crippen LogP contribution in [-0.2, 0) is 4.79 Å². The molecule has 5 heteroatoms. The zero-order valence-corrected chi connectivity index (χ0v) is 11.0. The molecule has 0 bridgehead atoms. The summed E-state index contributed by atoms with van der Waals surface area (Å²) in [6.45, 7) is 0.412. The van der Waals surface area contributed by atoms with E-state index in [1.807, 2.05) is 18.2 Å². The summed E-state index contributed by atoms with van der Waals surface area (Å²) in [6.07, 6.45) is 0.647. The Balaban J connectivity index is 2.40. The minimum absolute atomic E-state index is 0.134. The lowest BCUT2D eigenvalue weighted by Crippen LogP contribution is -2.02. The first-order valence-electron chi connectivity index (χ1n) is 4.38. The van der Waals surface area contributed by atoms with Crippen LogP contribution in [0.4, 0.5) is 0 Å². The fourth-order valence-electron chi connectivity index (χ4n) is 1.03. The van der Waals surface area contributed by atoms with Crippen molar-refractivity contribution in [2.75, 3.05) is 6.61 Å². The fourth-order valence-corrected chi connectivity index (χ4v) is 2.28. The van der Waals surface area contributed by atoms with Gasteiger partial charge in [-0.15, -0.1) is 0 Å². The van der Waals surface area contributed by atoms with Crippen LogP contribution in [0.2, 0.25) is 0 Å². The van der Waals surface area contributed by atoms with Gasteiger partial charge >= 0.3 is 5.97 Å². The van der Waals surface area contributed by atoms with Gasteiger partial charge in [-0.2, -0.15) is 0 Å². The lowest BCUT2D eigenvalue weighted by Gasteiger charge is -2.06. The Labute approximate surface area is 105 Å². The Bertz CT molecular complexity index is 332. The van der Waals surface area contributed by atoms with E-state index in [0.717, 1.165) is 14.7 Å². The number of carbonyl (C=O) groups is 1. The Morgan fingerprint density at radius 1 is 1.27 bits per heavy atom. The fraction of sp³-hybridized carbons (Fsp3) is 0.300. The van der Waals surface area contributed by atoms with Gasteiger partial charge in [-0.05, 0) is 24.6 Å². The normalized spacial score (nSPS) is 10.0. The van der Waals surface area contributed by atoms with Crippen molar-refractivity contribution in [1.29, 1.82) is 0 Å². The molecule has 0 aliphatic rings. The molecule has 0 spiro atoms. The molecule has 1 N–H and O–H groups in total. The molecule has 0 unspecified atom stereocenters. The number of rotatable bonds is 5. The van der Waals surface area contributed by atoms with Crippen LogP contribution in [-0.4, -0.2) is 17.7 Å². The summed E-state index contributed by atoms with van der Waals surface area (Å²) in [6, 6.07) is 5.58. The molecule has 1 aromatic rings. The maximum Gasteiger partial charge on any atom is 0.303 e. The topological polar surface area (TPSA) is 46.5 Å². The molecule has 15 heavy (non-hydrogen) atoms. The maximum absolute atomic E-state index is 10.2. The number of hydrogen-bond donors (Lipinski definition) is 1. The predicted octanol–water partition coefficient (Wildman–Crippen LogP) is 3.46. The van der Waals surface area contributed by atoms with Crippen molar-refractivity contribution in [1.82, 2.24) is 0 Å². The largest absolute Gasteiger partial charge is 0.494 e. The molecule has 0 aromatic heterocycles. The van der Waals surface area contributed by atoms with E-state index in [-0.39, 0.29) is 6.42 Å². The number of carboxylic acid groups (broad SMARTS) is 1. The van der Waals surface area contributed by atoms with Gasteiger partial charge in [-0.1, -0.05) is 31.9 Å². The molecule has 0 atom stereocenters. The number of ether oxygens (including phenoxy) is 1. The van der Waals surface area contributed by atoms with E-state index < -0.39 is 5.97 Å². The summed E-state index contributed by atoms with van der Waals surface area (Å²) in [5.74, 6) is -0.0735. The molecule has 1 rings (SSSR count). The first-order chi connectivity index (χ1) is 7.08. The van der Waals surface area contributed by atoms with Gasteiger partial charge < -0.3 is 9.84 Å². The molecule has 0 aliphatic carbocycles. The Morgan fingerprint density at radius 2 is 1.87 bits per heavy atom. The Morgan fingerprint density at radius 3 is 2.40 bits per heavy atom. The highest BCUT2D eigenvalue weighted by Gasteiger charge is 2.00. The third-order valence-electron chi connectivity index (χ3n) is 1.64. The van der Waals surface area contributed by atoms with Gasteiger partial charge in [0.15, 0.2) is 0 Å². The Kier molecular flexibility index (Phi) is 5.11. The first kappa shape index (κ1) is 12.5. The lowest BCUT2D eigenvalue weighted by molar-refractivity contribution is -0.137. The zero-order valence-electron chi connectivity index (χ0n) is 7.87. The average Bonchev–Trinajstić information content (AvgIpc) is 2.10. The third kappa shape index (κ3) is 5.18. The first-order valence-corrected chi connectivity index (χ1v) is 5.97. The minimum Gasteiger partial charge on any atom is -0.494 e. The number of hydrogen-bond acceptors (Lipinski definition) is 2. The maximum atomic E-state index is 10.2. The summed E-state index contributed by atoms with van der Waals surface area (Å²) < 4.78 is 7.24. The van der Waals surface area contributed by atoms with Crippen molar-refractivity contribution in [2.45, 2.75) is 12.8 Å². The summed E-state index contributed by atoms with van der Waals surface area (Å²) in [7, 11) is 0. The van der Waals surface area contributed by atoms with Crippen molar-refractivity contribution >= 4 is 37.8 Å². The lowest BCUT2D eigenvalue weighted by atomic mass is 10.3. The number of aliphatic carboxylic acids is 1. The molecule has 0 aliphatic heterocycles. The second kappa shape index (κ2) is 6.12. The summed E-state index contributed by atoms with van der Waals surface area (Å²) in [4.78, 5) is 10.2. The molecular weight excluding hydrogens is 328 g/mol. The summed E-state index contributed by atoms with van der Waals surface area (Å²) in [5.41, 5.74) is 0. The van der Waals surface area contributed by atoms with Gasteiger partial charge in [0.25, 0.3) is 0 Å². The molecular formula is C10H10Br2O3. The average molecular weight is 338 g/mol. The van der Waals surface area contributed by atoms with Gasteiger partial charge in [0.05, 0.1) is 6.61 Å². The molecule has 0 saturated carbocycles. The molecule has 0 fully saturated rings. The van der Waals surface area contributed by atoms with Crippen molar-refractivity contribution in [3.63, 3.8) is 0 Å². The molecule has 1 aromatic carbocycles. The van der Waals surface area contributed by atoms with E-state index in [0.29, 0.717) is 13.0 Å². The highest BCUT2D eigenvalue weighted by Crippen LogP contribution is 2.24. The van der Waals surface area contributed by atoms with Crippen molar-refractivity contribution in [2.24, 2.45) is 0 Å². The SMILES string of the molecule is O=C(O)CCCOc1cc(Br)cc(Br)c1. The third-order valence-corrected chi connectivity index (χ3v) is 2.56. The van der Waals surface area contributed by atoms with E-state index in [9.17, 15) is 4.79 Å². The minimum atomic E-state index is -0.797. The van der Waals surface area contributed by atoms with Crippen LogP contribution in [0.15, 0.2) is 27.1 Å². The van der Waals surface area contributed by atoms with E-state index >= 15 is 0 Å². The predicted molar refractivity (Wildman–Crippen MR) is 64.2 cm³/mol. The van der Waals surface area contributed by atoms with Crippen LogP contribution in [0.5, 0.6) is 5.75 Å². The molecule has 82 valence electrons. The van der Waals surface area contributed by atoms with Gasteiger partial charge in [0.2, 0.25) is 0 Å². The zero-order chi connectivity index (χ0) is 11.3. The van der Waals surface area contributed by atoms with Crippen molar-refractivity contribution < 1.29 is 14.6 Å². The summed E-state index contributed by atoms with van der Waals surface area (Å²) >= 11 is 6.68. The number of halogens is 2. The van der Waals surface area contributed by atoms with Gasteiger partial charge in [0.1, 0.15) is 5.75 Å². The van der Waals surface area contributed by atoms with Gasteiger partial charge in [-0.25, -0.2) is 0 Å². The standard InChI is InChI=1S/C10H10Br2O3/c11-7-4-8(12)6-9(5-7)15-3-1-2-10(13)14/h4-6H,1-3H2,(H,13,14). The quantitative estimate of drug-likeness (QED) is 0.837. The molecule has 3 nitrogen and oxygen atoms in total. The summed E-state index contributed by atoms with van der Waals surface area (Å²) in [5, 5.41) is 8.43. The van der Waals surface area contributed by atoms with Crippen LogP contribution in [0.3, 0.4) is 0 Å². The molecule has 0 heterocycles. The second-order valence-corrected chi connectivity index (χ2v) is 4.78. The van der Waals surface area contributed by atoms with E-state index in [2.05, 4.69) is 31.9 Å². The van der Waals surface area contributed by atoms with Crippen LogP contribution >= 0.6 is 31.9 Å². The van der Waals surface area contributed by atoms with E-state index in [1.165, 1.54) is 0 Å². The van der Waals surface area contributed by atoms with E-state index in [4.69, 9.17) is 9.84 Å². The van der Waals surface area contributed by atoms with Crippen LogP contribution in [0.1, 0.15) is 12.8 Å². The highest BCUT2D eigenvalue weighted by molar-refractivity contribution is 9.11. The monoisotopic (exact) mass is 336 g/mol. The number of benzene rings is 1. The smallest absolute Gasteiger partial charge is 0.303 e. The molecule has 0 amide bonds. The Hall–Kier alpha value is -0.550. The van der Waals surface area contributed by atoms with Crippen LogP contribution < -0.4 is 4.74 Å². The van der Waals surface area contributed by atoms with Crippen LogP contribution in [0, 0.1) is 0 Å². The van der Waals surface area contributed by atoms with Crippen molar-refractivity contribution in [3.05, 3.63) is 27.1 Å². The molecule has 0 radical (unpaired) electrons. The van der Waals surface area contributed by atoms with Crippen LogP contribution in [0.25, 0.3) is 0 Å². The van der Waals surface area contributed by atoms with Gasteiger partial charge in [-0.3, -0.25) is 4.79 Å². The molecule has 0 saturated heterocycles.